The van der Waals surface area contributed by atoms with Crippen LogP contribution in [-0.4, -0.2) is 89.8 Å². The third-order valence-corrected chi connectivity index (χ3v) is 19.0. The Hall–Kier alpha value is -9.22. The summed E-state index contributed by atoms with van der Waals surface area (Å²) in [6, 6.07) is 110. The quantitative estimate of drug-likeness (QED) is 0.122. The third kappa shape index (κ3) is 22.4. The van der Waals surface area contributed by atoms with Gasteiger partial charge in [-0.2, -0.15) is 78.4 Å². The SMILES string of the molecule is CN(C)c1cc[c-]c(N2CN(C)c3ccccc32)c1.CN1CN(c2[c-]ccc(C(C)(C)C)c2)c2ccccc21.CN1CN(c2[c-]ccc(N(c3ccccc3)c3ccccc3)c2)c2ccccc21.COc1cc[c-]c(N2CN(C)c3ccccc32)c1.[C-]#[N+]c1cc[c-]c(N2CN(C)c3ccccc32)c1.[CH3-].[CH3-].[CH3-].[CH3-].[CH3-].[Ir].[Ir].[Ir].[Ir].[Ir]. The van der Waals surface area contributed by atoms with Crippen molar-refractivity contribution < 1.29 is 105 Å². The molecule has 0 spiro atoms. The second kappa shape index (κ2) is 45.2. The van der Waals surface area contributed by atoms with Gasteiger partial charge in [0.05, 0.1) is 110 Å². The minimum absolute atomic E-state index is 0. The first-order valence-corrected chi connectivity index (χ1v) is 35.0. The number of methoxy groups -OCH3 is 1. The molecule has 0 fully saturated rings. The van der Waals surface area contributed by atoms with E-state index in [1.165, 1.54) is 68.1 Å². The predicted octanol–water partition coefficient (Wildman–Crippen LogP) is 22.8. The maximum atomic E-state index is 7.08. The molecule has 5 heterocycles. The summed E-state index contributed by atoms with van der Waals surface area (Å²) in [5.41, 5.74) is 24.4. The zero-order valence-corrected chi connectivity index (χ0v) is 79.9. The first-order valence-electron chi connectivity index (χ1n) is 35.0. The zero-order valence-electron chi connectivity index (χ0n) is 67.9. The molecule has 0 aromatic heterocycles. The Morgan fingerprint density at radius 3 is 0.921 bits per heavy atom. The van der Waals surface area contributed by atoms with E-state index in [0.29, 0.717) is 5.69 Å². The number of anilines is 19. The van der Waals surface area contributed by atoms with Crippen LogP contribution in [0.3, 0.4) is 0 Å². The van der Waals surface area contributed by atoms with Crippen molar-refractivity contribution >= 4 is 114 Å². The molecule has 0 unspecified atom stereocenters. The van der Waals surface area contributed by atoms with Gasteiger partial charge in [0.25, 0.3) is 0 Å². The van der Waals surface area contributed by atoms with Gasteiger partial charge in [0.15, 0.2) is 0 Å². The van der Waals surface area contributed by atoms with Crippen LogP contribution >= 0.6 is 0 Å². The van der Waals surface area contributed by atoms with Gasteiger partial charge < -0.3 is 101 Å². The molecule has 19 heteroatoms. The van der Waals surface area contributed by atoms with Gasteiger partial charge in [-0.1, -0.05) is 158 Å². The predicted molar refractivity (Wildman–Crippen MR) is 468 cm³/mol. The van der Waals surface area contributed by atoms with Gasteiger partial charge in [0.2, 0.25) is 0 Å². The average Bonchev–Trinajstić information content (AvgIpc) is 1.49. The summed E-state index contributed by atoms with van der Waals surface area (Å²) >= 11 is 0. The molecule has 12 aromatic carbocycles. The van der Waals surface area contributed by atoms with E-state index in [2.05, 4.69) is 358 Å². The smallest absolute Gasteiger partial charge is 0.0927 e. The maximum absolute atomic E-state index is 7.08. The van der Waals surface area contributed by atoms with Crippen molar-refractivity contribution in [2.45, 2.75) is 26.2 Å². The van der Waals surface area contributed by atoms with Gasteiger partial charge in [0.1, 0.15) is 0 Å². The summed E-state index contributed by atoms with van der Waals surface area (Å²) in [6.45, 7) is 18.0. The summed E-state index contributed by atoms with van der Waals surface area (Å²) in [5, 5.41) is 0. The van der Waals surface area contributed by atoms with Crippen LogP contribution in [0.15, 0.2) is 273 Å². The molecule has 14 nitrogen and oxygen atoms in total. The third-order valence-electron chi connectivity index (χ3n) is 19.0. The molecular formula is C95H103Ir5N13O-10. The van der Waals surface area contributed by atoms with Gasteiger partial charge in [-0.3, -0.25) is 4.85 Å². The van der Waals surface area contributed by atoms with E-state index in [4.69, 9.17) is 11.3 Å². The molecule has 0 bridgehead atoms. The van der Waals surface area contributed by atoms with Gasteiger partial charge in [0, 0.05) is 167 Å². The van der Waals surface area contributed by atoms with Crippen LogP contribution in [0, 0.1) is 74.0 Å². The second-order valence-corrected chi connectivity index (χ2v) is 27.4. The van der Waals surface area contributed by atoms with E-state index in [9.17, 15) is 0 Å². The molecule has 0 N–H and O–H groups in total. The summed E-state index contributed by atoms with van der Waals surface area (Å²) in [5.74, 6) is 0.857. The molecule has 5 aliphatic rings. The van der Waals surface area contributed by atoms with Crippen molar-refractivity contribution in [1.29, 1.82) is 0 Å². The molecule has 5 radical (unpaired) electrons. The van der Waals surface area contributed by atoms with Crippen LogP contribution < -0.4 is 63.5 Å². The number of nitrogens with zero attached hydrogens (tertiary/aromatic N) is 13. The van der Waals surface area contributed by atoms with Gasteiger partial charge in [-0.05, 0) is 90.3 Å². The Morgan fingerprint density at radius 1 is 0.325 bits per heavy atom. The number of para-hydroxylation sites is 12. The van der Waals surface area contributed by atoms with Crippen molar-refractivity contribution in [3.8, 4) is 5.75 Å². The minimum Gasteiger partial charge on any atom is -0.522 e. The molecule has 5 aliphatic heterocycles. The van der Waals surface area contributed by atoms with Crippen molar-refractivity contribution in [2.24, 2.45) is 0 Å². The largest absolute Gasteiger partial charge is 0.522 e. The minimum atomic E-state index is 0. The monoisotopic (exact) mass is 2410 g/mol. The van der Waals surface area contributed by atoms with Crippen molar-refractivity contribution in [3.63, 3.8) is 0 Å². The second-order valence-electron chi connectivity index (χ2n) is 27.4. The molecule has 0 atom stereocenters. The molecule has 17 rings (SSSR count). The standard InChI is InChI=1S/C26H22N3.C18H21N2.C16H18N3.C15H12N3.C15H15N2O.5CH3.5Ir/c1-27-20-28(26-18-9-8-17-25(26)27)23-15-10-16-24(19-23)29(21-11-4-2-5-12-21)22-13-6-3-7-14-22;1-18(2,3)14-8-7-9-15(12-14)20-13-19(4)16-10-5-6-11-17(16)20;1-17(2)13-7-6-8-14(11-13)19-12-18(3)15-9-4-5-10-16(15)19;1-16-12-6-5-7-13(10-12)18-11-17(2)14-8-3-4-9-15(14)18;1-16-11-17(15-9-4-3-8-14(15)16)12-6-5-7-13(10-12)18-2;;;;;;;;;;/h2-14,16-19H,20H2,1H3;5-8,10-12H,13H2,1-4H3;4-7,9-11H,12H2,1-3H3;3-6,8-10H,11H2,2H3;3-5,7-10H,11H2,1-2H3;5*1H3;;;;;/q10*-1;;;;;. The first-order chi connectivity index (χ1) is 50.5. The number of rotatable bonds is 10. The fraction of sp³-hybridized carbons (Fsp3) is 0.179. The van der Waals surface area contributed by atoms with Crippen LogP contribution in [0.25, 0.3) is 4.85 Å². The van der Waals surface area contributed by atoms with E-state index in [1.54, 1.807) is 13.2 Å². The van der Waals surface area contributed by atoms with E-state index in [1.807, 2.05) is 72.8 Å². The topological polar surface area (TPSA) is 52.5 Å². The molecule has 609 valence electrons. The van der Waals surface area contributed by atoms with E-state index >= 15 is 0 Å². The molecule has 0 saturated carbocycles. The van der Waals surface area contributed by atoms with Crippen LogP contribution in [-0.2, 0) is 106 Å². The van der Waals surface area contributed by atoms with Crippen molar-refractivity contribution in [1.82, 2.24) is 0 Å². The van der Waals surface area contributed by atoms with E-state index in [-0.39, 0.29) is 143 Å². The van der Waals surface area contributed by atoms with Crippen LogP contribution in [0.4, 0.5) is 114 Å². The Morgan fingerprint density at radius 2 is 0.596 bits per heavy atom. The number of fused-ring (bicyclic) bond motifs is 5. The Labute approximate surface area is 750 Å². The first kappa shape index (κ1) is 99.0. The Kier molecular flexibility index (Phi) is 39.2. The van der Waals surface area contributed by atoms with Crippen molar-refractivity contribution in [2.75, 3.05) is 149 Å². The summed E-state index contributed by atoms with van der Waals surface area (Å²) in [6.07, 6.45) is 0. The number of benzene rings is 12. The molecule has 0 aliphatic carbocycles. The maximum Gasteiger partial charge on any atom is 0.0927 e. The molecule has 0 amide bonds. The molecule has 114 heavy (non-hydrogen) atoms. The number of hydrogen-bond acceptors (Lipinski definition) is 13. The Bertz CT molecular complexity index is 4930. The summed E-state index contributed by atoms with van der Waals surface area (Å²) in [7, 11) is 16.3. The fourth-order valence-corrected chi connectivity index (χ4v) is 13.6. The summed E-state index contributed by atoms with van der Waals surface area (Å²) < 4.78 is 5.27. The van der Waals surface area contributed by atoms with Gasteiger partial charge in [-0.15, -0.1) is 48.5 Å². The zero-order chi connectivity index (χ0) is 72.4. The van der Waals surface area contributed by atoms with Crippen LogP contribution in [0.5, 0.6) is 5.75 Å². The number of hydrogen-bond donors (Lipinski definition) is 0. The molecule has 0 saturated heterocycles. The van der Waals surface area contributed by atoms with Crippen LogP contribution in [0.1, 0.15) is 26.3 Å². The van der Waals surface area contributed by atoms with Gasteiger partial charge >= 0.3 is 0 Å². The molecule has 12 aromatic rings. The number of ether oxygens (including phenoxy) is 1. The van der Waals surface area contributed by atoms with E-state index < -0.39 is 0 Å². The van der Waals surface area contributed by atoms with E-state index in [0.717, 1.165) is 84.6 Å². The fourth-order valence-electron chi connectivity index (χ4n) is 13.6. The normalized spacial score (nSPS) is 12.3. The Balaban J connectivity index is 0.000000365. The van der Waals surface area contributed by atoms with Crippen molar-refractivity contribution in [3.05, 3.63) is 357 Å². The molecular weight excluding hydrogens is 2300 g/mol. The van der Waals surface area contributed by atoms with Gasteiger partial charge in [-0.25, -0.2) is 0 Å². The average molecular weight is 2400 g/mol. The van der Waals surface area contributed by atoms with Crippen LogP contribution in [0.2, 0.25) is 0 Å². The summed E-state index contributed by atoms with van der Waals surface area (Å²) in [4.78, 5) is 30.4.